The molecule has 0 unspecified atom stereocenters. The number of hydrogen-bond donors (Lipinski definition) is 1. The van der Waals surface area contributed by atoms with Gasteiger partial charge in [0.25, 0.3) is 11.8 Å². The lowest BCUT2D eigenvalue weighted by atomic mass is 10.1. The van der Waals surface area contributed by atoms with E-state index in [-0.39, 0.29) is 11.8 Å². The third-order valence-electron chi connectivity index (χ3n) is 3.95. The first kappa shape index (κ1) is 20.1. The van der Waals surface area contributed by atoms with Gasteiger partial charge in [-0.05, 0) is 37.3 Å². The van der Waals surface area contributed by atoms with E-state index in [1.807, 2.05) is 30.5 Å². The van der Waals surface area contributed by atoms with E-state index in [0.29, 0.717) is 22.6 Å². The largest absolute Gasteiger partial charge is 0.345 e. The van der Waals surface area contributed by atoms with Crippen molar-refractivity contribution in [3.63, 3.8) is 0 Å². The van der Waals surface area contributed by atoms with Crippen LogP contribution in [0.2, 0.25) is 0 Å². The summed E-state index contributed by atoms with van der Waals surface area (Å²) < 4.78 is 0. The summed E-state index contributed by atoms with van der Waals surface area (Å²) in [5.74, 6) is 0.402. The van der Waals surface area contributed by atoms with E-state index in [0.717, 1.165) is 15.6 Å². The van der Waals surface area contributed by atoms with Gasteiger partial charge in [-0.15, -0.1) is 23.1 Å². The van der Waals surface area contributed by atoms with Crippen molar-refractivity contribution in [2.75, 3.05) is 19.4 Å². The molecule has 0 spiro atoms. The van der Waals surface area contributed by atoms with Gasteiger partial charge in [-0.25, -0.2) is 4.98 Å². The molecule has 28 heavy (non-hydrogen) atoms. The van der Waals surface area contributed by atoms with Gasteiger partial charge in [-0.3, -0.25) is 9.59 Å². The second kappa shape index (κ2) is 9.03. The lowest BCUT2D eigenvalue weighted by molar-refractivity contribution is 0.0827. The Morgan fingerprint density at radius 2 is 1.93 bits per heavy atom. The van der Waals surface area contributed by atoms with Crippen molar-refractivity contribution in [2.24, 2.45) is 0 Å². The van der Waals surface area contributed by atoms with Crippen molar-refractivity contribution in [3.8, 4) is 0 Å². The maximum Gasteiger partial charge on any atom is 0.256 e. The highest BCUT2D eigenvalue weighted by Gasteiger charge is 2.14. The lowest BCUT2D eigenvalue weighted by Gasteiger charge is -2.12. The van der Waals surface area contributed by atoms with Gasteiger partial charge in [0.1, 0.15) is 0 Å². The van der Waals surface area contributed by atoms with Crippen LogP contribution in [0.25, 0.3) is 0 Å². The molecule has 2 aromatic carbocycles. The average molecular weight is 412 g/mol. The molecule has 0 aliphatic rings. The van der Waals surface area contributed by atoms with Gasteiger partial charge in [0.15, 0.2) is 0 Å². The van der Waals surface area contributed by atoms with Crippen LogP contribution in [0.3, 0.4) is 0 Å². The average Bonchev–Trinajstić information content (AvgIpc) is 3.11. The van der Waals surface area contributed by atoms with E-state index >= 15 is 0 Å². The Labute approximate surface area is 172 Å². The van der Waals surface area contributed by atoms with E-state index in [1.54, 1.807) is 67.5 Å². The molecule has 0 saturated carbocycles. The summed E-state index contributed by atoms with van der Waals surface area (Å²) in [4.78, 5) is 31.8. The van der Waals surface area contributed by atoms with Crippen LogP contribution >= 0.6 is 23.1 Å². The van der Waals surface area contributed by atoms with Crippen LogP contribution < -0.4 is 5.32 Å². The Balaban J connectivity index is 1.74. The molecule has 1 heterocycles. The first-order chi connectivity index (χ1) is 13.4. The van der Waals surface area contributed by atoms with Crippen LogP contribution in [-0.2, 0) is 5.75 Å². The molecular formula is C21H21N3O2S2. The van der Waals surface area contributed by atoms with Crippen molar-refractivity contribution in [3.05, 3.63) is 75.7 Å². The number of carbonyl (C=O) groups is 2. The molecule has 0 aliphatic carbocycles. The number of rotatable bonds is 6. The summed E-state index contributed by atoms with van der Waals surface area (Å²) in [5.41, 5.74) is 2.73. The van der Waals surface area contributed by atoms with E-state index in [1.165, 1.54) is 4.90 Å². The van der Waals surface area contributed by atoms with Gasteiger partial charge >= 0.3 is 0 Å². The number of nitrogens with one attached hydrogen (secondary N) is 1. The normalized spacial score (nSPS) is 10.5. The van der Waals surface area contributed by atoms with Gasteiger partial charge in [-0.1, -0.05) is 18.2 Å². The molecular weight excluding hydrogens is 390 g/mol. The third kappa shape index (κ3) is 4.99. The highest BCUT2D eigenvalue weighted by atomic mass is 32.2. The second-order valence-electron chi connectivity index (χ2n) is 6.38. The number of nitrogens with zero attached hydrogens (tertiary/aromatic N) is 2. The summed E-state index contributed by atoms with van der Waals surface area (Å²) in [7, 11) is 3.40. The van der Waals surface area contributed by atoms with E-state index < -0.39 is 0 Å². The number of thiazole rings is 1. The molecule has 0 bridgehead atoms. The zero-order chi connectivity index (χ0) is 20.1. The molecule has 3 rings (SSSR count). The molecule has 2 amide bonds. The minimum Gasteiger partial charge on any atom is -0.345 e. The molecule has 1 N–H and O–H groups in total. The molecule has 3 aromatic rings. The molecule has 0 radical (unpaired) electrons. The van der Waals surface area contributed by atoms with Crippen molar-refractivity contribution >= 4 is 40.6 Å². The molecule has 5 nitrogen and oxygen atoms in total. The van der Waals surface area contributed by atoms with Crippen LogP contribution in [0.5, 0.6) is 0 Å². The fourth-order valence-electron chi connectivity index (χ4n) is 2.59. The van der Waals surface area contributed by atoms with E-state index in [9.17, 15) is 9.59 Å². The van der Waals surface area contributed by atoms with Crippen LogP contribution in [0.1, 0.15) is 31.4 Å². The number of thioether (sulfide) groups is 1. The minimum absolute atomic E-state index is 0.106. The highest BCUT2D eigenvalue weighted by Crippen LogP contribution is 2.27. The molecule has 0 saturated heterocycles. The second-order valence-corrected chi connectivity index (χ2v) is 8.46. The Morgan fingerprint density at radius 3 is 2.64 bits per heavy atom. The summed E-state index contributed by atoms with van der Waals surface area (Å²) >= 11 is 3.21. The van der Waals surface area contributed by atoms with Crippen LogP contribution in [-0.4, -0.2) is 35.8 Å². The van der Waals surface area contributed by atoms with Crippen LogP contribution in [0.15, 0.2) is 58.8 Å². The number of aryl methyl sites for hydroxylation is 1. The molecule has 0 aliphatic heterocycles. The molecule has 144 valence electrons. The highest BCUT2D eigenvalue weighted by molar-refractivity contribution is 7.98. The van der Waals surface area contributed by atoms with Crippen molar-refractivity contribution < 1.29 is 9.59 Å². The van der Waals surface area contributed by atoms with Crippen LogP contribution in [0, 0.1) is 6.92 Å². The molecule has 0 fully saturated rings. The summed E-state index contributed by atoms with van der Waals surface area (Å²) in [6.45, 7) is 1.98. The predicted octanol–water partition coefficient (Wildman–Crippen LogP) is 4.70. The number of benzene rings is 2. The van der Waals surface area contributed by atoms with E-state index in [4.69, 9.17) is 0 Å². The molecule has 0 atom stereocenters. The number of hydrogen-bond acceptors (Lipinski definition) is 5. The smallest absolute Gasteiger partial charge is 0.256 e. The topological polar surface area (TPSA) is 62.3 Å². The Hall–Kier alpha value is -2.64. The minimum atomic E-state index is -0.202. The maximum atomic E-state index is 12.8. The fourth-order valence-corrected chi connectivity index (χ4v) is 4.25. The predicted molar refractivity (Wildman–Crippen MR) is 115 cm³/mol. The first-order valence-corrected chi connectivity index (χ1v) is 10.6. The van der Waals surface area contributed by atoms with Gasteiger partial charge in [-0.2, -0.15) is 0 Å². The van der Waals surface area contributed by atoms with E-state index in [2.05, 4.69) is 10.3 Å². The van der Waals surface area contributed by atoms with Crippen molar-refractivity contribution in [1.29, 1.82) is 0 Å². The SMILES string of the molecule is Cc1nc(CSc2ccccc2C(=O)Nc2cccc(C(=O)N(C)C)c2)cs1. The Kier molecular flexibility index (Phi) is 6.49. The number of carbonyl (C=O) groups excluding carboxylic acids is 2. The fraction of sp³-hybridized carbons (Fsp3) is 0.190. The van der Waals surface area contributed by atoms with Crippen molar-refractivity contribution in [2.45, 2.75) is 17.6 Å². The summed E-state index contributed by atoms with van der Waals surface area (Å²) in [5, 5.41) is 5.97. The van der Waals surface area contributed by atoms with Crippen molar-refractivity contribution in [1.82, 2.24) is 9.88 Å². The quantitative estimate of drug-likeness (QED) is 0.597. The Bertz CT molecular complexity index is 999. The zero-order valence-electron chi connectivity index (χ0n) is 15.9. The van der Waals surface area contributed by atoms with Gasteiger partial charge in [0.05, 0.1) is 16.3 Å². The third-order valence-corrected chi connectivity index (χ3v) is 5.88. The monoisotopic (exact) mass is 411 g/mol. The lowest BCUT2D eigenvalue weighted by Crippen LogP contribution is -2.22. The zero-order valence-corrected chi connectivity index (χ0v) is 17.6. The number of amides is 2. The molecule has 7 heteroatoms. The van der Waals surface area contributed by atoms with Crippen LogP contribution in [0.4, 0.5) is 5.69 Å². The van der Waals surface area contributed by atoms with Gasteiger partial charge in [0, 0.05) is 41.4 Å². The standard InChI is InChI=1S/C21H21N3O2S2/c1-14-22-17(12-27-14)13-28-19-10-5-4-9-18(19)20(25)23-16-8-6-7-15(11-16)21(26)24(2)3/h4-12H,13H2,1-3H3,(H,23,25). The van der Waals surface area contributed by atoms with Gasteiger partial charge < -0.3 is 10.2 Å². The first-order valence-electron chi connectivity index (χ1n) is 8.70. The summed E-state index contributed by atoms with van der Waals surface area (Å²) in [6, 6.07) is 14.5. The van der Waals surface area contributed by atoms with Gasteiger partial charge in [0.2, 0.25) is 0 Å². The number of anilines is 1. The number of aromatic nitrogens is 1. The Morgan fingerprint density at radius 1 is 1.14 bits per heavy atom. The maximum absolute atomic E-state index is 12.8. The molecule has 1 aromatic heterocycles. The summed E-state index contributed by atoms with van der Waals surface area (Å²) in [6.07, 6.45) is 0.